The number of carbonyl (C=O) groups excluding carboxylic acids is 3. The van der Waals surface area contributed by atoms with Crippen LogP contribution in [0.25, 0.3) is 0 Å². The first-order chi connectivity index (χ1) is 16.1. The van der Waals surface area contributed by atoms with Crippen LogP contribution < -0.4 is 0 Å². The molecule has 3 saturated heterocycles. The molecule has 10 heteroatoms. The second kappa shape index (κ2) is 9.40. The van der Waals surface area contributed by atoms with Gasteiger partial charge >= 0.3 is 5.97 Å². The van der Waals surface area contributed by atoms with E-state index in [1.165, 1.54) is 16.7 Å². The van der Waals surface area contributed by atoms with Crippen LogP contribution in [0.15, 0.2) is 24.3 Å². The summed E-state index contributed by atoms with van der Waals surface area (Å²) in [5.74, 6) is -2.04. The third kappa shape index (κ3) is 3.90. The van der Waals surface area contributed by atoms with Crippen molar-refractivity contribution >= 4 is 29.5 Å². The Morgan fingerprint density at radius 1 is 1.06 bits per heavy atom. The molecule has 0 bridgehead atoms. The standard InChI is InChI=1S/C23H31N3O6S/c27-12-9-26-19-21(29)25(8-7-24-10-14-31-15-11-24)6-3-5-23(19)18(20(26)28)17-16(33-23)4-1-2-13-32-22(17)30/h1,3-5,16-19,27H,2,6-15H2/t16-,17+,18-,19?,23-/m0/s1. The largest absolute Gasteiger partial charge is 0.465 e. The van der Waals surface area contributed by atoms with Crippen LogP contribution in [-0.4, -0.2) is 119 Å². The van der Waals surface area contributed by atoms with Crippen molar-refractivity contribution in [3.63, 3.8) is 0 Å². The van der Waals surface area contributed by atoms with Gasteiger partial charge in [-0.3, -0.25) is 19.3 Å². The van der Waals surface area contributed by atoms with Gasteiger partial charge in [-0.1, -0.05) is 24.3 Å². The van der Waals surface area contributed by atoms with E-state index in [2.05, 4.69) is 4.90 Å². The van der Waals surface area contributed by atoms with E-state index in [1.807, 2.05) is 24.3 Å². The molecule has 5 rings (SSSR count). The number of β-amino-alcohol motifs (C(OH)–C–C–N with tert-alkyl or cyclic N) is 1. The van der Waals surface area contributed by atoms with Gasteiger partial charge in [0.1, 0.15) is 6.04 Å². The molecule has 1 spiro atoms. The lowest BCUT2D eigenvalue weighted by atomic mass is 9.78. The Hall–Kier alpha value is -1.88. The molecule has 1 unspecified atom stereocenters. The number of hydrogen-bond acceptors (Lipinski definition) is 8. The lowest BCUT2D eigenvalue weighted by Gasteiger charge is -2.36. The monoisotopic (exact) mass is 477 g/mol. The van der Waals surface area contributed by atoms with Gasteiger partial charge in [-0.05, 0) is 6.42 Å². The van der Waals surface area contributed by atoms with Crippen molar-refractivity contribution in [1.29, 1.82) is 0 Å². The van der Waals surface area contributed by atoms with Crippen LogP contribution in [0.5, 0.6) is 0 Å². The molecule has 33 heavy (non-hydrogen) atoms. The van der Waals surface area contributed by atoms with E-state index in [4.69, 9.17) is 9.47 Å². The molecule has 0 saturated carbocycles. The molecule has 9 nitrogen and oxygen atoms in total. The number of thioether (sulfide) groups is 1. The summed E-state index contributed by atoms with van der Waals surface area (Å²) in [6, 6.07) is -0.745. The number of hydrogen-bond donors (Lipinski definition) is 1. The second-order valence-electron chi connectivity index (χ2n) is 9.12. The van der Waals surface area contributed by atoms with E-state index in [1.54, 1.807) is 4.90 Å². The fourth-order valence-electron chi connectivity index (χ4n) is 5.79. The summed E-state index contributed by atoms with van der Waals surface area (Å²) < 4.78 is 10.0. The minimum Gasteiger partial charge on any atom is -0.465 e. The number of likely N-dealkylation sites (tertiary alicyclic amines) is 1. The zero-order valence-corrected chi connectivity index (χ0v) is 19.5. The predicted octanol–water partition coefficient (Wildman–Crippen LogP) is -0.490. The number of aliphatic hydroxyl groups excluding tert-OH is 1. The number of ether oxygens (including phenoxy) is 2. The highest BCUT2D eigenvalue weighted by Gasteiger charge is 2.70. The Balaban J connectivity index is 1.46. The molecule has 1 N–H and O–H groups in total. The van der Waals surface area contributed by atoms with Crippen molar-refractivity contribution in [1.82, 2.24) is 14.7 Å². The minimum atomic E-state index is -0.847. The first-order valence-corrected chi connectivity index (χ1v) is 12.6. The summed E-state index contributed by atoms with van der Waals surface area (Å²) in [5.41, 5.74) is 0. The Bertz CT molecular complexity index is 859. The van der Waals surface area contributed by atoms with E-state index in [0.29, 0.717) is 39.3 Å². The molecule has 0 radical (unpaired) electrons. The van der Waals surface area contributed by atoms with Crippen LogP contribution in [0.3, 0.4) is 0 Å². The number of esters is 1. The van der Waals surface area contributed by atoms with Gasteiger partial charge in [0.25, 0.3) is 0 Å². The Morgan fingerprint density at radius 2 is 1.88 bits per heavy atom. The molecule has 0 aromatic carbocycles. The van der Waals surface area contributed by atoms with Crippen molar-refractivity contribution in [3.8, 4) is 0 Å². The van der Waals surface area contributed by atoms with Gasteiger partial charge in [-0.15, -0.1) is 11.8 Å². The quantitative estimate of drug-likeness (QED) is 0.418. The number of cyclic esters (lactones) is 1. The normalized spacial score (nSPS) is 36.7. The number of morpholine rings is 1. The predicted molar refractivity (Wildman–Crippen MR) is 121 cm³/mol. The average molecular weight is 478 g/mol. The van der Waals surface area contributed by atoms with Crippen molar-refractivity contribution < 1.29 is 29.0 Å². The van der Waals surface area contributed by atoms with E-state index in [0.717, 1.165) is 19.6 Å². The van der Waals surface area contributed by atoms with Crippen molar-refractivity contribution in [2.24, 2.45) is 11.8 Å². The van der Waals surface area contributed by atoms with Crippen LogP contribution in [-0.2, 0) is 23.9 Å². The third-order valence-electron chi connectivity index (χ3n) is 7.33. The first-order valence-electron chi connectivity index (χ1n) is 11.8. The maximum atomic E-state index is 13.9. The average Bonchev–Trinajstić information content (AvgIpc) is 3.18. The maximum Gasteiger partial charge on any atom is 0.311 e. The molecule has 2 amide bonds. The zero-order valence-electron chi connectivity index (χ0n) is 18.6. The summed E-state index contributed by atoms with van der Waals surface area (Å²) in [4.78, 5) is 46.1. The molecule has 0 aliphatic carbocycles. The fourth-order valence-corrected chi connectivity index (χ4v) is 7.79. The molecule has 5 aliphatic rings. The third-order valence-corrected chi connectivity index (χ3v) is 9.08. The fraction of sp³-hybridized carbons (Fsp3) is 0.696. The van der Waals surface area contributed by atoms with Gasteiger partial charge in [-0.25, -0.2) is 0 Å². The van der Waals surface area contributed by atoms with Crippen LogP contribution in [0.1, 0.15) is 6.42 Å². The molecular weight excluding hydrogens is 446 g/mol. The molecule has 3 fully saturated rings. The van der Waals surface area contributed by atoms with Crippen molar-refractivity contribution in [3.05, 3.63) is 24.3 Å². The van der Waals surface area contributed by atoms with Gasteiger partial charge in [0.2, 0.25) is 11.8 Å². The smallest absolute Gasteiger partial charge is 0.311 e. The van der Waals surface area contributed by atoms with Crippen molar-refractivity contribution in [2.45, 2.75) is 22.5 Å². The Kier molecular flexibility index (Phi) is 6.52. The molecule has 5 atom stereocenters. The maximum absolute atomic E-state index is 13.9. The van der Waals surface area contributed by atoms with Crippen LogP contribution in [0.2, 0.25) is 0 Å². The van der Waals surface area contributed by atoms with Crippen molar-refractivity contribution in [2.75, 3.05) is 65.7 Å². The second-order valence-corrected chi connectivity index (χ2v) is 10.6. The summed E-state index contributed by atoms with van der Waals surface area (Å²) >= 11 is 1.53. The SMILES string of the molecule is O=C1OCCC=C[C@@H]2S[C@]34C=CCN(CCN5CCOCC5)C(=O)C3N(CCO)C(=O)[C@@H]4[C@H]12. The summed E-state index contributed by atoms with van der Waals surface area (Å²) in [7, 11) is 0. The van der Waals surface area contributed by atoms with E-state index >= 15 is 0 Å². The summed E-state index contributed by atoms with van der Waals surface area (Å²) in [6.45, 7) is 4.98. The summed E-state index contributed by atoms with van der Waals surface area (Å²) in [5, 5.41) is 9.47. The van der Waals surface area contributed by atoms with Gasteiger partial charge in [0, 0.05) is 44.5 Å². The lowest BCUT2D eigenvalue weighted by molar-refractivity contribution is -0.153. The number of rotatable bonds is 5. The molecule has 0 aromatic rings. The first kappa shape index (κ1) is 22.9. The van der Waals surface area contributed by atoms with E-state index < -0.39 is 22.6 Å². The Morgan fingerprint density at radius 3 is 2.67 bits per heavy atom. The van der Waals surface area contributed by atoms with E-state index in [-0.39, 0.29) is 36.2 Å². The molecule has 5 heterocycles. The molecule has 180 valence electrons. The van der Waals surface area contributed by atoms with Crippen LogP contribution in [0.4, 0.5) is 0 Å². The molecule has 0 aromatic heterocycles. The highest BCUT2D eigenvalue weighted by Crippen LogP contribution is 2.60. The minimum absolute atomic E-state index is 0.0709. The van der Waals surface area contributed by atoms with Gasteiger partial charge in [0.15, 0.2) is 0 Å². The molecule has 5 aliphatic heterocycles. The zero-order chi connectivity index (χ0) is 23.0. The number of amides is 2. The number of carbonyl (C=O) groups is 3. The highest BCUT2D eigenvalue weighted by molar-refractivity contribution is 8.02. The van der Waals surface area contributed by atoms with Gasteiger partial charge < -0.3 is 24.4 Å². The number of aliphatic hydroxyl groups is 1. The molecular formula is C23H31N3O6S. The van der Waals surface area contributed by atoms with Crippen LogP contribution in [0, 0.1) is 11.8 Å². The number of nitrogens with zero attached hydrogens (tertiary/aromatic N) is 3. The van der Waals surface area contributed by atoms with Crippen LogP contribution >= 0.6 is 11.8 Å². The summed E-state index contributed by atoms with van der Waals surface area (Å²) in [6.07, 6.45) is 8.60. The Labute approximate surface area is 197 Å². The topological polar surface area (TPSA) is 99.6 Å². The van der Waals surface area contributed by atoms with Gasteiger partial charge in [-0.2, -0.15) is 0 Å². The number of fused-ring (bicyclic) bond motifs is 2. The van der Waals surface area contributed by atoms with Gasteiger partial charge in [0.05, 0.1) is 43.0 Å². The van der Waals surface area contributed by atoms with E-state index in [9.17, 15) is 19.5 Å². The highest BCUT2D eigenvalue weighted by atomic mass is 32.2. The lowest BCUT2D eigenvalue weighted by Crippen LogP contribution is -2.54.